The third kappa shape index (κ3) is 2.57. The number of fused-ring (bicyclic) bond motifs is 3. The lowest BCUT2D eigenvalue weighted by Gasteiger charge is -2.27. The van der Waals surface area contributed by atoms with Gasteiger partial charge in [0.2, 0.25) is 0 Å². The van der Waals surface area contributed by atoms with Gasteiger partial charge in [0.05, 0.1) is 22.0 Å². The summed E-state index contributed by atoms with van der Waals surface area (Å²) in [5.41, 5.74) is 7.55. The zero-order chi connectivity index (χ0) is 17.1. The first kappa shape index (κ1) is 16.1. The summed E-state index contributed by atoms with van der Waals surface area (Å²) in [7, 11) is 0. The zero-order valence-corrected chi connectivity index (χ0v) is 13.5. The minimum Gasteiger partial charge on any atom is -0.402 e. The molecule has 0 radical (unpaired) electrons. The van der Waals surface area contributed by atoms with Gasteiger partial charge < -0.3 is 5.73 Å². The molecule has 1 aliphatic heterocycles. The quantitative estimate of drug-likeness (QED) is 0.805. The van der Waals surface area contributed by atoms with Crippen LogP contribution in [0.5, 0.6) is 0 Å². The van der Waals surface area contributed by atoms with Crippen LogP contribution in [0.3, 0.4) is 0 Å². The first-order valence-electron chi connectivity index (χ1n) is 7.27. The number of allylic oxidation sites excluding steroid dienone is 3. The minimum atomic E-state index is -4.51. The smallest absolute Gasteiger partial charge is 0.402 e. The Balaban J connectivity index is 2.17. The predicted octanol–water partition coefficient (Wildman–Crippen LogP) is 5.21. The van der Waals surface area contributed by atoms with Gasteiger partial charge in [0.1, 0.15) is 0 Å². The Labute approximate surface area is 137 Å². The minimum absolute atomic E-state index is 0.147. The van der Waals surface area contributed by atoms with Crippen LogP contribution < -0.4 is 5.73 Å². The van der Waals surface area contributed by atoms with E-state index in [4.69, 9.17) is 17.3 Å². The maximum absolute atomic E-state index is 13.4. The summed E-state index contributed by atoms with van der Waals surface area (Å²) in [5.74, 6) is -0.401. The van der Waals surface area contributed by atoms with E-state index in [9.17, 15) is 13.2 Å². The Bertz CT molecular complexity index is 760. The van der Waals surface area contributed by atoms with Crippen molar-refractivity contribution in [3.8, 4) is 0 Å². The van der Waals surface area contributed by atoms with Crippen molar-refractivity contribution in [3.05, 3.63) is 52.2 Å². The van der Waals surface area contributed by atoms with Crippen molar-refractivity contribution in [2.24, 2.45) is 22.6 Å². The summed E-state index contributed by atoms with van der Waals surface area (Å²) in [6.45, 7) is 7.78. The third-order valence-electron chi connectivity index (χ3n) is 4.24. The van der Waals surface area contributed by atoms with Crippen LogP contribution in [0, 0.1) is 11.8 Å². The molecule has 0 amide bonds. The number of benzene rings is 1. The molecule has 6 heteroatoms. The number of aliphatic imine (C=N–C) groups is 1. The molecule has 1 aliphatic carbocycles. The van der Waals surface area contributed by atoms with Crippen molar-refractivity contribution < 1.29 is 13.2 Å². The molecule has 0 bridgehead atoms. The second-order valence-electron chi connectivity index (χ2n) is 6.25. The summed E-state index contributed by atoms with van der Waals surface area (Å²) in [5, 5.41) is -0.293. The molecule has 1 aromatic carbocycles. The van der Waals surface area contributed by atoms with Crippen LogP contribution in [-0.4, -0.2) is 5.71 Å². The molecule has 1 heterocycles. The Morgan fingerprint density at radius 1 is 1.35 bits per heavy atom. The molecule has 23 heavy (non-hydrogen) atoms. The number of alkyl halides is 3. The van der Waals surface area contributed by atoms with Gasteiger partial charge in [-0.05, 0) is 23.6 Å². The van der Waals surface area contributed by atoms with Gasteiger partial charge in [-0.2, -0.15) is 13.2 Å². The Morgan fingerprint density at radius 3 is 2.52 bits per heavy atom. The fraction of sp³-hybridized carbons (Fsp3) is 0.353. The molecule has 0 saturated heterocycles. The van der Waals surface area contributed by atoms with E-state index in [0.29, 0.717) is 11.4 Å². The van der Waals surface area contributed by atoms with E-state index in [1.165, 1.54) is 12.1 Å². The van der Waals surface area contributed by atoms with Crippen LogP contribution in [0.25, 0.3) is 0 Å². The summed E-state index contributed by atoms with van der Waals surface area (Å²) in [4.78, 5) is 4.48. The lowest BCUT2D eigenvalue weighted by Crippen LogP contribution is -2.27. The van der Waals surface area contributed by atoms with Gasteiger partial charge in [0.25, 0.3) is 0 Å². The highest BCUT2D eigenvalue weighted by molar-refractivity contribution is 6.31. The normalized spacial score (nSPS) is 20.4. The van der Waals surface area contributed by atoms with Crippen LogP contribution in [0.4, 0.5) is 18.9 Å². The van der Waals surface area contributed by atoms with E-state index in [-0.39, 0.29) is 28.3 Å². The molecular formula is C17H16ClF3N2. The van der Waals surface area contributed by atoms with Gasteiger partial charge in [-0.3, -0.25) is 4.99 Å². The Kier molecular flexibility index (Phi) is 3.59. The molecule has 3 rings (SSSR count). The second kappa shape index (κ2) is 5.13. The topological polar surface area (TPSA) is 38.4 Å². The van der Waals surface area contributed by atoms with E-state index < -0.39 is 11.7 Å². The van der Waals surface area contributed by atoms with Crippen molar-refractivity contribution in [3.63, 3.8) is 0 Å². The largest absolute Gasteiger partial charge is 0.418 e. The number of nitrogens with two attached hydrogens (primary N) is 1. The van der Waals surface area contributed by atoms with E-state index >= 15 is 0 Å². The van der Waals surface area contributed by atoms with Gasteiger partial charge >= 0.3 is 6.18 Å². The highest BCUT2D eigenvalue weighted by Gasteiger charge is 2.46. The van der Waals surface area contributed by atoms with Crippen molar-refractivity contribution in [1.82, 2.24) is 0 Å². The molecule has 122 valence electrons. The lowest BCUT2D eigenvalue weighted by atomic mass is 9.83. The number of hydrogen-bond donors (Lipinski definition) is 1. The van der Waals surface area contributed by atoms with Crippen LogP contribution in [0.2, 0.25) is 5.02 Å². The summed E-state index contributed by atoms with van der Waals surface area (Å²) >= 11 is 5.80. The maximum Gasteiger partial charge on any atom is 0.418 e. The first-order valence-corrected chi connectivity index (χ1v) is 7.65. The highest BCUT2D eigenvalue weighted by atomic mass is 35.5. The molecule has 0 fully saturated rings. The molecule has 2 N–H and O–H groups in total. The lowest BCUT2D eigenvalue weighted by molar-refractivity contribution is -0.138. The van der Waals surface area contributed by atoms with Gasteiger partial charge in [0.15, 0.2) is 0 Å². The molecule has 0 saturated carbocycles. The average molecular weight is 341 g/mol. The third-order valence-corrected chi connectivity index (χ3v) is 4.55. The van der Waals surface area contributed by atoms with E-state index in [0.717, 1.165) is 11.3 Å². The number of hydrogen-bond acceptors (Lipinski definition) is 2. The summed E-state index contributed by atoms with van der Waals surface area (Å²) < 4.78 is 40.1. The highest BCUT2D eigenvalue weighted by Crippen LogP contribution is 2.55. The Hall–Kier alpha value is -1.75. The first-order chi connectivity index (χ1) is 10.6. The van der Waals surface area contributed by atoms with Gasteiger partial charge in [-0.1, -0.05) is 38.1 Å². The molecular weight excluding hydrogens is 325 g/mol. The molecule has 0 spiro atoms. The Morgan fingerprint density at radius 2 is 2.00 bits per heavy atom. The van der Waals surface area contributed by atoms with Crippen LogP contribution in [0.1, 0.15) is 30.9 Å². The molecule has 2 unspecified atom stereocenters. The van der Waals surface area contributed by atoms with Gasteiger partial charge in [0, 0.05) is 23.1 Å². The average Bonchev–Trinajstić information content (AvgIpc) is 3.17. The molecule has 0 aromatic heterocycles. The van der Waals surface area contributed by atoms with Crippen molar-refractivity contribution in [2.75, 3.05) is 0 Å². The monoisotopic (exact) mass is 340 g/mol. The van der Waals surface area contributed by atoms with Crippen LogP contribution in [-0.2, 0) is 6.18 Å². The fourth-order valence-electron chi connectivity index (χ4n) is 3.26. The van der Waals surface area contributed by atoms with Crippen LogP contribution >= 0.6 is 11.6 Å². The zero-order valence-electron chi connectivity index (χ0n) is 12.7. The molecule has 1 aromatic rings. The van der Waals surface area contributed by atoms with Crippen molar-refractivity contribution in [1.29, 1.82) is 0 Å². The van der Waals surface area contributed by atoms with Gasteiger partial charge in [-0.15, -0.1) is 0 Å². The maximum atomic E-state index is 13.4. The fourth-order valence-corrected chi connectivity index (χ4v) is 3.53. The van der Waals surface area contributed by atoms with E-state index in [1.54, 1.807) is 6.08 Å². The van der Waals surface area contributed by atoms with Gasteiger partial charge in [-0.25, -0.2) is 0 Å². The second-order valence-corrected chi connectivity index (χ2v) is 6.65. The van der Waals surface area contributed by atoms with Crippen molar-refractivity contribution in [2.45, 2.75) is 25.9 Å². The summed E-state index contributed by atoms with van der Waals surface area (Å²) in [6, 6.07) is 2.78. The number of halogens is 4. The summed E-state index contributed by atoms with van der Waals surface area (Å²) in [6.07, 6.45) is -2.72. The molecule has 2 atom stereocenters. The SMILES string of the molecule is C=C(N)C(C1=Nc2ccc(Cl)c(C(F)(F)F)c2C2C=C12)C(C)C. The van der Waals surface area contributed by atoms with Crippen LogP contribution in [0.15, 0.2) is 41.1 Å². The molecule has 2 aliphatic rings. The number of rotatable bonds is 3. The van der Waals surface area contributed by atoms with Crippen molar-refractivity contribution >= 4 is 23.0 Å². The van der Waals surface area contributed by atoms with E-state index in [1.807, 2.05) is 13.8 Å². The number of nitrogens with zero attached hydrogens (tertiary/aromatic N) is 1. The predicted molar refractivity (Wildman–Crippen MR) is 86.0 cm³/mol. The molecule has 2 nitrogen and oxygen atoms in total. The van der Waals surface area contributed by atoms with E-state index in [2.05, 4.69) is 11.6 Å². The standard InChI is InChI=1S/C17H16ClF3N2/c1-7(2)13(8(3)22)16-10-6-9(10)14-12(23-16)5-4-11(18)15(14)17(19,20)21/h4-7,9,13H,3,22H2,1-2H3.